The lowest BCUT2D eigenvalue weighted by molar-refractivity contribution is 0.0690. The van der Waals surface area contributed by atoms with Crippen molar-refractivity contribution in [3.05, 3.63) is 59.4 Å². The lowest BCUT2D eigenvalue weighted by Crippen LogP contribution is -2.07. The molecular formula is C16H16N2O2. The van der Waals surface area contributed by atoms with Crippen LogP contribution in [0.4, 0.5) is 5.69 Å². The largest absolute Gasteiger partial charge is 0.477 e. The van der Waals surface area contributed by atoms with Gasteiger partial charge in [0.1, 0.15) is 5.69 Å². The minimum Gasteiger partial charge on any atom is -0.477 e. The monoisotopic (exact) mass is 268 g/mol. The van der Waals surface area contributed by atoms with Crippen molar-refractivity contribution in [3.8, 4) is 0 Å². The number of aromatic carboxylic acids is 1. The molecule has 4 nitrogen and oxygen atoms in total. The van der Waals surface area contributed by atoms with Crippen LogP contribution >= 0.6 is 0 Å². The normalized spacial score (nSPS) is 10.7. The van der Waals surface area contributed by atoms with Crippen LogP contribution in [0.1, 0.15) is 21.7 Å². The molecule has 0 saturated carbocycles. The average Bonchev–Trinajstić information content (AvgIpc) is 2.46. The van der Waals surface area contributed by atoms with E-state index in [1.54, 1.807) is 18.2 Å². The zero-order chi connectivity index (χ0) is 14.5. The van der Waals surface area contributed by atoms with Gasteiger partial charge in [0.25, 0.3) is 0 Å². The molecule has 0 unspecified atom stereocenters. The Morgan fingerprint density at radius 3 is 2.40 bits per heavy atom. The van der Waals surface area contributed by atoms with Gasteiger partial charge >= 0.3 is 5.97 Å². The summed E-state index contributed by atoms with van der Waals surface area (Å²) < 4.78 is 0. The van der Waals surface area contributed by atoms with Crippen LogP contribution in [-0.4, -0.2) is 30.2 Å². The summed E-state index contributed by atoms with van der Waals surface area (Å²) in [4.78, 5) is 16.9. The summed E-state index contributed by atoms with van der Waals surface area (Å²) >= 11 is 0. The minimum atomic E-state index is -1.02. The van der Waals surface area contributed by atoms with Gasteiger partial charge in [-0.1, -0.05) is 24.3 Å². The van der Waals surface area contributed by atoms with E-state index in [2.05, 4.69) is 4.98 Å². The van der Waals surface area contributed by atoms with Gasteiger partial charge in [0, 0.05) is 19.8 Å². The van der Waals surface area contributed by atoms with E-state index >= 15 is 0 Å². The second-order valence-corrected chi connectivity index (χ2v) is 4.57. The number of carboxylic acid groups (broad SMARTS) is 1. The standard InChI is InChI=1S/C16H16N2O2/c1-18(2)14-10-7-12(8-11-14)6-9-13-4-3-5-15(17-13)16(19)20/h3-11H,1-2H3,(H,19,20)/b9-6+. The van der Waals surface area contributed by atoms with Crippen LogP contribution in [-0.2, 0) is 0 Å². The molecule has 20 heavy (non-hydrogen) atoms. The zero-order valence-corrected chi connectivity index (χ0v) is 11.4. The molecule has 1 N–H and O–H groups in total. The Labute approximate surface area is 118 Å². The van der Waals surface area contributed by atoms with Crippen LogP contribution in [0, 0.1) is 0 Å². The van der Waals surface area contributed by atoms with Crippen LogP contribution in [0.5, 0.6) is 0 Å². The van der Waals surface area contributed by atoms with Gasteiger partial charge in [-0.3, -0.25) is 0 Å². The third kappa shape index (κ3) is 3.45. The molecule has 1 aromatic heterocycles. The van der Waals surface area contributed by atoms with E-state index in [1.165, 1.54) is 6.07 Å². The summed E-state index contributed by atoms with van der Waals surface area (Å²) in [5.74, 6) is -1.02. The molecule has 0 saturated heterocycles. The Hall–Kier alpha value is -2.62. The number of benzene rings is 1. The van der Waals surface area contributed by atoms with Gasteiger partial charge in [-0.25, -0.2) is 9.78 Å². The number of hydrogen-bond donors (Lipinski definition) is 1. The molecule has 0 bridgehead atoms. The fourth-order valence-corrected chi connectivity index (χ4v) is 1.73. The van der Waals surface area contributed by atoms with Crippen LogP contribution in [0.15, 0.2) is 42.5 Å². The highest BCUT2D eigenvalue weighted by Gasteiger charge is 2.03. The minimum absolute atomic E-state index is 0.0510. The molecule has 4 heteroatoms. The average molecular weight is 268 g/mol. The number of carbonyl (C=O) groups is 1. The van der Waals surface area contributed by atoms with Crippen molar-refractivity contribution < 1.29 is 9.90 Å². The molecule has 0 radical (unpaired) electrons. The van der Waals surface area contributed by atoms with E-state index in [0.29, 0.717) is 5.69 Å². The van der Waals surface area contributed by atoms with E-state index < -0.39 is 5.97 Å². The molecule has 2 aromatic rings. The number of nitrogens with zero attached hydrogens (tertiary/aromatic N) is 2. The highest BCUT2D eigenvalue weighted by atomic mass is 16.4. The summed E-state index contributed by atoms with van der Waals surface area (Å²) in [6.45, 7) is 0. The molecule has 2 rings (SSSR count). The van der Waals surface area contributed by atoms with E-state index in [1.807, 2.05) is 49.3 Å². The predicted octanol–water partition coefficient (Wildman–Crippen LogP) is 3.02. The first-order valence-corrected chi connectivity index (χ1v) is 6.22. The number of rotatable bonds is 4. The fraction of sp³-hybridized carbons (Fsp3) is 0.125. The van der Waals surface area contributed by atoms with Gasteiger partial charge < -0.3 is 10.0 Å². The van der Waals surface area contributed by atoms with Gasteiger partial charge in [-0.15, -0.1) is 0 Å². The Bertz CT molecular complexity index is 631. The molecule has 0 atom stereocenters. The molecule has 0 spiro atoms. The Morgan fingerprint density at radius 2 is 1.80 bits per heavy atom. The quantitative estimate of drug-likeness (QED) is 0.926. The summed E-state index contributed by atoms with van der Waals surface area (Å²) in [5, 5.41) is 8.89. The van der Waals surface area contributed by atoms with E-state index in [9.17, 15) is 4.79 Å². The molecule has 0 amide bonds. The lowest BCUT2D eigenvalue weighted by atomic mass is 10.1. The molecule has 0 fully saturated rings. The summed E-state index contributed by atoms with van der Waals surface area (Å²) in [6, 6.07) is 13.0. The number of anilines is 1. The highest BCUT2D eigenvalue weighted by Crippen LogP contribution is 2.14. The Morgan fingerprint density at radius 1 is 1.10 bits per heavy atom. The van der Waals surface area contributed by atoms with Crippen molar-refractivity contribution in [2.24, 2.45) is 0 Å². The van der Waals surface area contributed by atoms with E-state index in [-0.39, 0.29) is 5.69 Å². The predicted molar refractivity (Wildman–Crippen MR) is 80.9 cm³/mol. The van der Waals surface area contributed by atoms with Crippen LogP contribution in [0.25, 0.3) is 12.2 Å². The van der Waals surface area contributed by atoms with Gasteiger partial charge in [-0.2, -0.15) is 0 Å². The van der Waals surface area contributed by atoms with Gasteiger partial charge in [-0.05, 0) is 35.9 Å². The van der Waals surface area contributed by atoms with Crippen LogP contribution in [0.3, 0.4) is 0 Å². The number of carboxylic acids is 1. The van der Waals surface area contributed by atoms with Gasteiger partial charge in [0.05, 0.1) is 5.69 Å². The lowest BCUT2D eigenvalue weighted by Gasteiger charge is -2.11. The van der Waals surface area contributed by atoms with E-state index in [0.717, 1.165) is 11.3 Å². The first-order chi connectivity index (χ1) is 9.56. The molecule has 0 aliphatic carbocycles. The third-order valence-corrected chi connectivity index (χ3v) is 2.85. The first-order valence-electron chi connectivity index (χ1n) is 6.22. The molecule has 0 aliphatic rings. The number of pyridine rings is 1. The second kappa shape index (κ2) is 6.02. The zero-order valence-electron chi connectivity index (χ0n) is 11.4. The maximum Gasteiger partial charge on any atom is 0.354 e. The van der Waals surface area contributed by atoms with E-state index in [4.69, 9.17) is 5.11 Å². The number of aromatic nitrogens is 1. The van der Waals surface area contributed by atoms with Crippen LogP contribution in [0.2, 0.25) is 0 Å². The molecule has 1 aromatic carbocycles. The molecule has 102 valence electrons. The van der Waals surface area contributed by atoms with Gasteiger partial charge in [0.2, 0.25) is 0 Å². The third-order valence-electron chi connectivity index (χ3n) is 2.85. The van der Waals surface area contributed by atoms with Gasteiger partial charge in [0.15, 0.2) is 0 Å². The second-order valence-electron chi connectivity index (χ2n) is 4.57. The Balaban J connectivity index is 2.16. The molecular weight excluding hydrogens is 252 g/mol. The summed E-state index contributed by atoms with van der Waals surface area (Å²) in [7, 11) is 3.98. The summed E-state index contributed by atoms with van der Waals surface area (Å²) in [5.41, 5.74) is 2.85. The Kier molecular flexibility index (Phi) is 4.15. The number of hydrogen-bond acceptors (Lipinski definition) is 3. The van der Waals surface area contributed by atoms with Crippen molar-refractivity contribution >= 4 is 23.8 Å². The first kappa shape index (κ1) is 13.8. The van der Waals surface area contributed by atoms with Crippen molar-refractivity contribution in [1.29, 1.82) is 0 Å². The topological polar surface area (TPSA) is 53.4 Å². The van der Waals surface area contributed by atoms with Crippen molar-refractivity contribution in [2.45, 2.75) is 0 Å². The van der Waals surface area contributed by atoms with Crippen molar-refractivity contribution in [1.82, 2.24) is 4.98 Å². The van der Waals surface area contributed by atoms with Crippen molar-refractivity contribution in [3.63, 3.8) is 0 Å². The SMILES string of the molecule is CN(C)c1ccc(/C=C/c2cccc(C(=O)O)n2)cc1. The smallest absolute Gasteiger partial charge is 0.354 e. The maximum atomic E-state index is 10.8. The highest BCUT2D eigenvalue weighted by molar-refractivity contribution is 5.85. The molecule has 0 aliphatic heterocycles. The summed E-state index contributed by atoms with van der Waals surface area (Å²) in [6.07, 6.45) is 3.71. The van der Waals surface area contributed by atoms with Crippen LogP contribution < -0.4 is 4.90 Å². The fourth-order valence-electron chi connectivity index (χ4n) is 1.73. The van der Waals surface area contributed by atoms with Crippen molar-refractivity contribution in [2.75, 3.05) is 19.0 Å². The maximum absolute atomic E-state index is 10.8. The molecule has 1 heterocycles.